The first-order valence-electron chi connectivity index (χ1n) is 5.27. The Bertz CT molecular complexity index is 646. The highest BCUT2D eigenvalue weighted by molar-refractivity contribution is 5.99. The van der Waals surface area contributed by atoms with E-state index in [1.54, 1.807) is 12.1 Å². The van der Waals surface area contributed by atoms with Crippen molar-refractivity contribution in [3.63, 3.8) is 0 Å². The zero-order valence-corrected chi connectivity index (χ0v) is 8.92. The van der Waals surface area contributed by atoms with E-state index in [4.69, 9.17) is 4.74 Å². The van der Waals surface area contributed by atoms with Gasteiger partial charge >= 0.3 is 0 Å². The van der Waals surface area contributed by atoms with Gasteiger partial charge in [0.25, 0.3) is 5.69 Å². The molecule has 4 nitrogen and oxygen atoms in total. The summed E-state index contributed by atoms with van der Waals surface area (Å²) < 4.78 is 5.43. The van der Waals surface area contributed by atoms with Gasteiger partial charge in [0.15, 0.2) is 0 Å². The van der Waals surface area contributed by atoms with Gasteiger partial charge in [-0.3, -0.25) is 10.1 Å². The minimum Gasteiger partial charge on any atom is -0.489 e. The maximum atomic E-state index is 11.0. The molecule has 2 aromatic rings. The van der Waals surface area contributed by atoms with Gasteiger partial charge < -0.3 is 4.74 Å². The van der Waals surface area contributed by atoms with Crippen LogP contribution in [0.4, 0.5) is 5.69 Å². The molecule has 0 N–H and O–H groups in total. The SMILES string of the molecule is O=[N+]([O-])c1cc2c(c3ccccc13)C=CCO2. The third-order valence-electron chi connectivity index (χ3n) is 2.84. The molecule has 0 radical (unpaired) electrons. The van der Waals surface area contributed by atoms with Gasteiger partial charge in [-0.25, -0.2) is 0 Å². The van der Waals surface area contributed by atoms with E-state index in [-0.39, 0.29) is 10.6 Å². The predicted molar refractivity (Wildman–Crippen MR) is 65.1 cm³/mol. The van der Waals surface area contributed by atoms with Crippen molar-refractivity contribution in [2.45, 2.75) is 0 Å². The van der Waals surface area contributed by atoms with E-state index in [1.807, 2.05) is 24.3 Å². The van der Waals surface area contributed by atoms with E-state index in [0.717, 1.165) is 10.9 Å². The third-order valence-corrected chi connectivity index (χ3v) is 2.84. The van der Waals surface area contributed by atoms with Gasteiger partial charge in [-0.15, -0.1) is 0 Å². The summed E-state index contributed by atoms with van der Waals surface area (Å²) in [7, 11) is 0. The molecular weight excluding hydrogens is 218 g/mol. The van der Waals surface area contributed by atoms with Crippen molar-refractivity contribution in [2.75, 3.05) is 6.61 Å². The number of nitro groups is 1. The average Bonchev–Trinajstić information content (AvgIpc) is 2.37. The lowest BCUT2D eigenvalue weighted by Gasteiger charge is -2.14. The summed E-state index contributed by atoms with van der Waals surface area (Å²) in [5.74, 6) is 0.581. The Morgan fingerprint density at radius 2 is 2.00 bits per heavy atom. The van der Waals surface area contributed by atoms with Gasteiger partial charge in [0.2, 0.25) is 0 Å². The van der Waals surface area contributed by atoms with Crippen molar-refractivity contribution in [1.82, 2.24) is 0 Å². The maximum absolute atomic E-state index is 11.0. The molecule has 17 heavy (non-hydrogen) atoms. The Balaban J connectivity index is 2.45. The monoisotopic (exact) mass is 227 g/mol. The van der Waals surface area contributed by atoms with Crippen molar-refractivity contribution in [1.29, 1.82) is 0 Å². The van der Waals surface area contributed by atoms with Crippen molar-refractivity contribution < 1.29 is 9.66 Å². The summed E-state index contributed by atoms with van der Waals surface area (Å²) in [6.45, 7) is 0.461. The third kappa shape index (κ3) is 1.45. The van der Waals surface area contributed by atoms with Crippen molar-refractivity contribution >= 4 is 22.5 Å². The summed E-state index contributed by atoms with van der Waals surface area (Å²) in [6, 6.07) is 8.81. The molecular formula is C13H9NO3. The highest BCUT2D eigenvalue weighted by Crippen LogP contribution is 2.37. The Kier molecular flexibility index (Phi) is 2.08. The predicted octanol–water partition coefficient (Wildman–Crippen LogP) is 3.15. The first-order valence-corrected chi connectivity index (χ1v) is 5.27. The van der Waals surface area contributed by atoms with E-state index >= 15 is 0 Å². The van der Waals surface area contributed by atoms with E-state index in [2.05, 4.69) is 0 Å². The number of nitro benzene ring substituents is 1. The molecule has 0 saturated carbocycles. The zero-order chi connectivity index (χ0) is 11.8. The van der Waals surface area contributed by atoms with Crippen LogP contribution in [0.25, 0.3) is 16.8 Å². The molecule has 0 spiro atoms. The van der Waals surface area contributed by atoms with Crippen LogP contribution >= 0.6 is 0 Å². The van der Waals surface area contributed by atoms with Crippen LogP contribution in [0.5, 0.6) is 5.75 Å². The van der Waals surface area contributed by atoms with Crippen molar-refractivity contribution in [2.24, 2.45) is 0 Å². The summed E-state index contributed by atoms with van der Waals surface area (Å²) in [6.07, 6.45) is 3.85. The zero-order valence-electron chi connectivity index (χ0n) is 8.92. The second kappa shape index (κ2) is 3.59. The van der Waals surface area contributed by atoms with E-state index in [9.17, 15) is 10.1 Å². The fraction of sp³-hybridized carbons (Fsp3) is 0.0769. The molecule has 0 atom stereocenters. The van der Waals surface area contributed by atoms with E-state index in [0.29, 0.717) is 17.7 Å². The molecule has 0 unspecified atom stereocenters. The topological polar surface area (TPSA) is 52.4 Å². The first kappa shape index (κ1) is 9.84. The first-order chi connectivity index (χ1) is 8.27. The number of benzene rings is 2. The lowest BCUT2D eigenvalue weighted by atomic mass is 10.0. The fourth-order valence-electron chi connectivity index (χ4n) is 2.10. The summed E-state index contributed by atoms with van der Waals surface area (Å²) in [4.78, 5) is 10.7. The molecule has 0 amide bonds. The van der Waals surface area contributed by atoms with Crippen LogP contribution in [-0.2, 0) is 0 Å². The van der Waals surface area contributed by atoms with Gasteiger partial charge in [0, 0.05) is 5.56 Å². The molecule has 0 aromatic heterocycles. The van der Waals surface area contributed by atoms with Crippen LogP contribution in [0.1, 0.15) is 5.56 Å². The van der Waals surface area contributed by atoms with Crippen LogP contribution in [0, 0.1) is 10.1 Å². The van der Waals surface area contributed by atoms with Gasteiger partial charge in [-0.05, 0) is 17.5 Å². The Morgan fingerprint density at radius 1 is 1.24 bits per heavy atom. The second-order valence-electron chi connectivity index (χ2n) is 3.82. The molecule has 0 aliphatic carbocycles. The molecule has 0 saturated heterocycles. The van der Waals surface area contributed by atoms with Crippen LogP contribution < -0.4 is 4.74 Å². The van der Waals surface area contributed by atoms with Crippen molar-refractivity contribution in [3.8, 4) is 5.75 Å². The minimum absolute atomic E-state index is 0.0923. The van der Waals surface area contributed by atoms with Crippen LogP contribution in [0.2, 0.25) is 0 Å². The fourth-order valence-corrected chi connectivity index (χ4v) is 2.10. The van der Waals surface area contributed by atoms with Gasteiger partial charge in [-0.1, -0.05) is 24.3 Å². The standard InChI is InChI=1S/C13H9NO3/c15-14(16)12-8-13-11(6-3-7-17-13)9-4-1-2-5-10(9)12/h1-6,8H,7H2. The van der Waals surface area contributed by atoms with Crippen LogP contribution in [0.3, 0.4) is 0 Å². The number of fused-ring (bicyclic) bond motifs is 3. The lowest BCUT2D eigenvalue weighted by Crippen LogP contribution is -2.02. The molecule has 4 heteroatoms. The van der Waals surface area contributed by atoms with E-state index in [1.165, 1.54) is 6.07 Å². The van der Waals surface area contributed by atoms with Crippen LogP contribution in [0.15, 0.2) is 36.4 Å². The quantitative estimate of drug-likeness (QED) is 0.555. The van der Waals surface area contributed by atoms with E-state index < -0.39 is 0 Å². The number of non-ortho nitro benzene ring substituents is 1. The minimum atomic E-state index is -0.371. The molecule has 0 fully saturated rings. The number of hydrogen-bond acceptors (Lipinski definition) is 3. The van der Waals surface area contributed by atoms with Gasteiger partial charge in [0.05, 0.1) is 16.4 Å². The summed E-state index contributed by atoms with van der Waals surface area (Å²) >= 11 is 0. The molecule has 0 bridgehead atoms. The van der Waals surface area contributed by atoms with Crippen LogP contribution in [-0.4, -0.2) is 11.5 Å². The van der Waals surface area contributed by atoms with Crippen molar-refractivity contribution in [3.05, 3.63) is 52.1 Å². The van der Waals surface area contributed by atoms with Gasteiger partial charge in [0.1, 0.15) is 12.4 Å². The normalized spacial score (nSPS) is 13.2. The Morgan fingerprint density at radius 3 is 2.76 bits per heavy atom. The molecule has 1 heterocycles. The molecule has 2 aromatic carbocycles. The smallest absolute Gasteiger partial charge is 0.280 e. The number of ether oxygens (including phenoxy) is 1. The number of rotatable bonds is 1. The highest BCUT2D eigenvalue weighted by atomic mass is 16.6. The Hall–Kier alpha value is -2.36. The molecule has 3 rings (SSSR count). The summed E-state index contributed by atoms with van der Waals surface area (Å²) in [5.41, 5.74) is 1.01. The molecule has 1 aliphatic heterocycles. The molecule has 84 valence electrons. The highest BCUT2D eigenvalue weighted by Gasteiger charge is 2.19. The second-order valence-corrected chi connectivity index (χ2v) is 3.82. The largest absolute Gasteiger partial charge is 0.489 e. The maximum Gasteiger partial charge on any atom is 0.280 e. The Labute approximate surface area is 97.3 Å². The van der Waals surface area contributed by atoms with Gasteiger partial charge in [-0.2, -0.15) is 0 Å². The molecule has 1 aliphatic rings. The average molecular weight is 227 g/mol. The summed E-state index contributed by atoms with van der Waals surface area (Å²) in [5, 5.41) is 12.5. The lowest BCUT2D eigenvalue weighted by molar-refractivity contribution is -0.383. The number of nitrogens with zero attached hydrogens (tertiary/aromatic N) is 1. The number of hydrogen-bond donors (Lipinski definition) is 0.